The van der Waals surface area contributed by atoms with Crippen molar-refractivity contribution in [1.82, 2.24) is 5.32 Å². The van der Waals surface area contributed by atoms with Gasteiger partial charge in [-0.3, -0.25) is 9.10 Å². The van der Waals surface area contributed by atoms with Gasteiger partial charge in [-0.2, -0.15) is 0 Å². The van der Waals surface area contributed by atoms with Gasteiger partial charge in [0, 0.05) is 25.1 Å². The third kappa shape index (κ3) is 5.13. The number of carbonyl (C=O) groups is 1. The van der Waals surface area contributed by atoms with Gasteiger partial charge in [0.15, 0.2) is 0 Å². The Kier molecular flexibility index (Phi) is 5.87. The molecule has 23 heavy (non-hydrogen) atoms. The number of hydrogen-bond acceptors (Lipinski definition) is 4. The highest BCUT2D eigenvalue weighted by Gasteiger charge is 2.21. The predicted octanol–water partition coefficient (Wildman–Crippen LogP) is 1.91. The Bertz CT molecular complexity index is 639. The standard InChI is InChI=1S/C16H24N2O4S/c1-22-15-9-5-8-14(12-15)18(23(2,20)21)11-10-16(19)17-13-6-3-4-7-13/h5,8-9,12-13H,3-4,6-7,10-11H2,1-2H3,(H,17,19). The Morgan fingerprint density at radius 3 is 2.65 bits per heavy atom. The van der Waals surface area contributed by atoms with Crippen molar-refractivity contribution in [1.29, 1.82) is 0 Å². The van der Waals surface area contributed by atoms with E-state index in [0.29, 0.717) is 11.4 Å². The number of amides is 1. The maximum Gasteiger partial charge on any atom is 0.232 e. The van der Waals surface area contributed by atoms with Gasteiger partial charge in [-0.1, -0.05) is 18.9 Å². The Balaban J connectivity index is 2.02. The van der Waals surface area contributed by atoms with Crippen LogP contribution in [-0.2, 0) is 14.8 Å². The zero-order chi connectivity index (χ0) is 16.9. The fraction of sp³-hybridized carbons (Fsp3) is 0.562. The van der Waals surface area contributed by atoms with E-state index in [1.165, 1.54) is 11.4 Å². The molecule has 0 saturated heterocycles. The van der Waals surface area contributed by atoms with E-state index < -0.39 is 10.0 Å². The largest absolute Gasteiger partial charge is 0.497 e. The Morgan fingerprint density at radius 2 is 2.04 bits per heavy atom. The zero-order valence-electron chi connectivity index (χ0n) is 13.6. The van der Waals surface area contributed by atoms with Crippen LogP contribution in [-0.4, -0.2) is 40.3 Å². The number of carbonyl (C=O) groups excluding carboxylic acids is 1. The van der Waals surface area contributed by atoms with E-state index in [2.05, 4.69) is 5.32 Å². The van der Waals surface area contributed by atoms with Crippen LogP contribution >= 0.6 is 0 Å². The van der Waals surface area contributed by atoms with Crippen molar-refractivity contribution in [3.05, 3.63) is 24.3 Å². The Labute approximate surface area is 137 Å². The van der Waals surface area contributed by atoms with Crippen LogP contribution in [0.4, 0.5) is 5.69 Å². The van der Waals surface area contributed by atoms with Crippen molar-refractivity contribution in [3.63, 3.8) is 0 Å². The summed E-state index contributed by atoms with van der Waals surface area (Å²) >= 11 is 0. The molecule has 1 saturated carbocycles. The Hall–Kier alpha value is -1.76. The number of methoxy groups -OCH3 is 1. The summed E-state index contributed by atoms with van der Waals surface area (Å²) in [6.07, 6.45) is 5.59. The third-order valence-corrected chi connectivity index (χ3v) is 5.20. The molecule has 1 aromatic carbocycles. The highest BCUT2D eigenvalue weighted by molar-refractivity contribution is 7.92. The molecule has 6 nitrogen and oxygen atoms in total. The molecule has 0 spiro atoms. The van der Waals surface area contributed by atoms with Gasteiger partial charge in [-0.15, -0.1) is 0 Å². The Morgan fingerprint density at radius 1 is 1.35 bits per heavy atom. The second kappa shape index (κ2) is 7.68. The first-order valence-electron chi connectivity index (χ1n) is 7.81. The van der Waals surface area contributed by atoms with Crippen LogP contribution in [0.5, 0.6) is 5.75 Å². The molecule has 0 aliphatic heterocycles. The minimum Gasteiger partial charge on any atom is -0.497 e. The van der Waals surface area contributed by atoms with Crippen molar-refractivity contribution in [2.45, 2.75) is 38.1 Å². The van der Waals surface area contributed by atoms with Gasteiger partial charge < -0.3 is 10.1 Å². The molecule has 1 aliphatic rings. The highest BCUT2D eigenvalue weighted by Crippen LogP contribution is 2.23. The van der Waals surface area contributed by atoms with Crippen LogP contribution in [0, 0.1) is 0 Å². The van der Waals surface area contributed by atoms with E-state index in [4.69, 9.17) is 4.74 Å². The minimum absolute atomic E-state index is 0.103. The van der Waals surface area contributed by atoms with Gasteiger partial charge in [0.2, 0.25) is 15.9 Å². The highest BCUT2D eigenvalue weighted by atomic mass is 32.2. The molecule has 128 valence electrons. The van der Waals surface area contributed by atoms with E-state index in [0.717, 1.165) is 31.9 Å². The first kappa shape index (κ1) is 17.6. The number of sulfonamides is 1. The van der Waals surface area contributed by atoms with E-state index >= 15 is 0 Å². The molecule has 0 atom stereocenters. The molecule has 0 radical (unpaired) electrons. The molecule has 0 unspecified atom stereocenters. The van der Waals surface area contributed by atoms with Crippen molar-refractivity contribution in [3.8, 4) is 5.75 Å². The van der Waals surface area contributed by atoms with Crippen molar-refractivity contribution in [2.75, 3.05) is 24.2 Å². The molecule has 2 rings (SSSR count). The van der Waals surface area contributed by atoms with Crippen molar-refractivity contribution >= 4 is 21.6 Å². The van der Waals surface area contributed by atoms with Crippen LogP contribution in [0.2, 0.25) is 0 Å². The van der Waals surface area contributed by atoms with E-state index in [9.17, 15) is 13.2 Å². The van der Waals surface area contributed by atoms with Crippen molar-refractivity contribution < 1.29 is 17.9 Å². The summed E-state index contributed by atoms with van der Waals surface area (Å²) in [5.74, 6) is 0.472. The third-order valence-electron chi connectivity index (χ3n) is 4.00. The number of hydrogen-bond donors (Lipinski definition) is 1. The molecule has 7 heteroatoms. The normalized spacial score (nSPS) is 15.4. The van der Waals surface area contributed by atoms with Crippen LogP contribution in [0.25, 0.3) is 0 Å². The van der Waals surface area contributed by atoms with Crippen molar-refractivity contribution in [2.24, 2.45) is 0 Å². The summed E-state index contributed by atoms with van der Waals surface area (Å²) in [6, 6.07) is 7.06. The molecular formula is C16H24N2O4S. The first-order valence-corrected chi connectivity index (χ1v) is 9.66. The van der Waals surface area contributed by atoms with Gasteiger partial charge in [-0.05, 0) is 25.0 Å². The zero-order valence-corrected chi connectivity index (χ0v) is 14.4. The summed E-state index contributed by atoms with van der Waals surface area (Å²) in [5.41, 5.74) is 0.500. The second-order valence-corrected chi connectivity index (χ2v) is 7.74. The lowest BCUT2D eigenvalue weighted by Gasteiger charge is -2.23. The average Bonchev–Trinajstić information content (AvgIpc) is 2.99. The second-order valence-electron chi connectivity index (χ2n) is 5.84. The smallest absolute Gasteiger partial charge is 0.232 e. The van der Waals surface area contributed by atoms with E-state index in [1.54, 1.807) is 24.3 Å². The number of anilines is 1. The predicted molar refractivity (Wildman–Crippen MR) is 90.2 cm³/mol. The monoisotopic (exact) mass is 340 g/mol. The lowest BCUT2D eigenvalue weighted by Crippen LogP contribution is -2.37. The molecule has 1 amide bonds. The molecule has 0 aromatic heterocycles. The maximum atomic E-state index is 12.0. The van der Waals surface area contributed by atoms with Gasteiger partial charge in [0.25, 0.3) is 0 Å². The number of nitrogens with one attached hydrogen (secondary N) is 1. The molecular weight excluding hydrogens is 316 g/mol. The van der Waals surface area contributed by atoms with E-state index in [1.807, 2.05) is 0 Å². The molecule has 1 N–H and O–H groups in total. The molecule has 1 aromatic rings. The average molecular weight is 340 g/mol. The van der Waals surface area contributed by atoms with E-state index in [-0.39, 0.29) is 24.9 Å². The van der Waals surface area contributed by atoms with Crippen LogP contribution < -0.4 is 14.4 Å². The lowest BCUT2D eigenvalue weighted by atomic mass is 10.2. The summed E-state index contributed by atoms with van der Waals surface area (Å²) in [7, 11) is -1.94. The number of rotatable bonds is 7. The van der Waals surface area contributed by atoms with Gasteiger partial charge in [0.1, 0.15) is 5.75 Å². The fourth-order valence-corrected chi connectivity index (χ4v) is 3.74. The van der Waals surface area contributed by atoms with Gasteiger partial charge in [-0.25, -0.2) is 8.42 Å². The van der Waals surface area contributed by atoms with Crippen LogP contribution in [0.15, 0.2) is 24.3 Å². The van der Waals surface area contributed by atoms with Gasteiger partial charge >= 0.3 is 0 Å². The maximum absolute atomic E-state index is 12.0. The summed E-state index contributed by atoms with van der Waals surface area (Å²) in [4.78, 5) is 12.0. The first-order chi connectivity index (χ1) is 10.9. The fourth-order valence-electron chi connectivity index (χ4n) is 2.83. The van der Waals surface area contributed by atoms with Crippen LogP contribution in [0.3, 0.4) is 0 Å². The summed E-state index contributed by atoms with van der Waals surface area (Å²) in [5, 5.41) is 2.97. The SMILES string of the molecule is COc1cccc(N(CCC(=O)NC2CCCC2)S(C)(=O)=O)c1. The molecule has 0 bridgehead atoms. The van der Waals surface area contributed by atoms with Crippen LogP contribution in [0.1, 0.15) is 32.1 Å². The number of nitrogens with zero attached hydrogens (tertiary/aromatic N) is 1. The van der Waals surface area contributed by atoms with Gasteiger partial charge in [0.05, 0.1) is 19.1 Å². The summed E-state index contributed by atoms with van der Waals surface area (Å²) in [6.45, 7) is 0.116. The lowest BCUT2D eigenvalue weighted by molar-refractivity contribution is -0.121. The minimum atomic E-state index is -3.47. The molecule has 0 heterocycles. The molecule has 1 fully saturated rings. The number of ether oxygens (including phenoxy) is 1. The topological polar surface area (TPSA) is 75.7 Å². The molecule has 1 aliphatic carbocycles. The summed E-state index contributed by atoms with van der Waals surface area (Å²) < 4.78 is 30.5. The number of benzene rings is 1. The quantitative estimate of drug-likeness (QED) is 0.823.